The normalized spacial score (nSPS) is 9.80. The van der Waals surface area contributed by atoms with Crippen LogP contribution in [0.4, 0.5) is 4.39 Å². The molecule has 80 valence electrons. The molecule has 0 radical (unpaired) electrons. The number of esters is 1. The van der Waals surface area contributed by atoms with E-state index in [-0.39, 0.29) is 23.3 Å². The maximum atomic E-state index is 13.5. The van der Waals surface area contributed by atoms with E-state index >= 15 is 0 Å². The summed E-state index contributed by atoms with van der Waals surface area (Å²) in [6.45, 7) is 3.29. The average molecular weight is 210 g/mol. The van der Waals surface area contributed by atoms with Gasteiger partial charge in [-0.2, -0.15) is 0 Å². The van der Waals surface area contributed by atoms with Crippen LogP contribution in [0.1, 0.15) is 33.2 Å². The van der Waals surface area contributed by atoms with Crippen LogP contribution in [0.25, 0.3) is 0 Å². The molecule has 1 rings (SSSR count). The number of aldehydes is 1. The predicted octanol–water partition coefficient (Wildman–Crippen LogP) is 2.12. The van der Waals surface area contributed by atoms with E-state index in [0.717, 1.165) is 0 Å². The molecule has 0 unspecified atom stereocenters. The Hall–Kier alpha value is -1.71. The number of carbonyl (C=O) groups is 2. The quantitative estimate of drug-likeness (QED) is 0.567. The van der Waals surface area contributed by atoms with Crippen molar-refractivity contribution in [3.05, 3.63) is 34.6 Å². The Bertz CT molecular complexity index is 399. The molecule has 0 fully saturated rings. The molecule has 0 spiro atoms. The van der Waals surface area contributed by atoms with Crippen molar-refractivity contribution in [2.75, 3.05) is 6.61 Å². The Balaban J connectivity index is 3.21. The number of halogens is 1. The summed E-state index contributed by atoms with van der Waals surface area (Å²) in [5, 5.41) is 0. The third-order valence-electron chi connectivity index (χ3n) is 1.91. The van der Waals surface area contributed by atoms with Crippen LogP contribution in [0.3, 0.4) is 0 Å². The summed E-state index contributed by atoms with van der Waals surface area (Å²) in [6, 6.07) is 2.57. The van der Waals surface area contributed by atoms with Crippen LogP contribution in [0, 0.1) is 12.7 Å². The van der Waals surface area contributed by atoms with Crippen molar-refractivity contribution in [1.29, 1.82) is 0 Å². The van der Waals surface area contributed by atoms with Crippen molar-refractivity contribution in [3.63, 3.8) is 0 Å². The van der Waals surface area contributed by atoms with Gasteiger partial charge in [0.05, 0.1) is 12.2 Å². The minimum absolute atomic E-state index is 0.169. The molecule has 0 heterocycles. The van der Waals surface area contributed by atoms with Crippen LogP contribution < -0.4 is 0 Å². The van der Waals surface area contributed by atoms with E-state index < -0.39 is 11.8 Å². The zero-order valence-corrected chi connectivity index (χ0v) is 8.54. The lowest BCUT2D eigenvalue weighted by molar-refractivity contribution is 0.0521. The molecule has 0 aliphatic carbocycles. The molecular weight excluding hydrogens is 199 g/mol. The third-order valence-corrected chi connectivity index (χ3v) is 1.91. The number of carbonyl (C=O) groups excluding carboxylic acids is 2. The second-order valence-corrected chi connectivity index (χ2v) is 3.04. The molecule has 0 aromatic heterocycles. The van der Waals surface area contributed by atoms with E-state index in [1.807, 2.05) is 0 Å². The second-order valence-electron chi connectivity index (χ2n) is 3.04. The zero-order valence-electron chi connectivity index (χ0n) is 8.54. The summed E-state index contributed by atoms with van der Waals surface area (Å²) in [5.41, 5.74) is 0.318. The highest BCUT2D eigenvalue weighted by Crippen LogP contribution is 2.15. The van der Waals surface area contributed by atoms with Gasteiger partial charge in [-0.15, -0.1) is 0 Å². The van der Waals surface area contributed by atoms with Gasteiger partial charge < -0.3 is 4.74 Å². The molecule has 0 atom stereocenters. The fourth-order valence-corrected chi connectivity index (χ4v) is 1.22. The number of hydrogen-bond acceptors (Lipinski definition) is 3. The van der Waals surface area contributed by atoms with Gasteiger partial charge in [0.2, 0.25) is 0 Å². The summed E-state index contributed by atoms with van der Waals surface area (Å²) in [7, 11) is 0. The molecular formula is C11H11FO3. The molecule has 0 N–H and O–H groups in total. The largest absolute Gasteiger partial charge is 0.462 e. The molecule has 1 aromatic carbocycles. The van der Waals surface area contributed by atoms with Crippen LogP contribution in [0.15, 0.2) is 12.1 Å². The van der Waals surface area contributed by atoms with E-state index in [1.165, 1.54) is 19.1 Å². The number of benzene rings is 1. The molecule has 0 aliphatic rings. The molecule has 3 nitrogen and oxygen atoms in total. The molecule has 0 aliphatic heterocycles. The van der Waals surface area contributed by atoms with E-state index in [9.17, 15) is 14.0 Å². The molecule has 0 amide bonds. The fraction of sp³-hybridized carbons (Fsp3) is 0.273. The first-order valence-corrected chi connectivity index (χ1v) is 4.52. The Morgan fingerprint density at radius 3 is 2.73 bits per heavy atom. The summed E-state index contributed by atoms with van der Waals surface area (Å²) in [6.07, 6.45) is 0.565. The topological polar surface area (TPSA) is 43.4 Å². The molecule has 1 aromatic rings. The third kappa shape index (κ3) is 2.40. The predicted molar refractivity (Wildman–Crippen MR) is 52.5 cm³/mol. The van der Waals surface area contributed by atoms with Gasteiger partial charge in [-0.25, -0.2) is 9.18 Å². The summed E-state index contributed by atoms with van der Waals surface area (Å²) in [5.74, 6) is -1.39. The van der Waals surface area contributed by atoms with Gasteiger partial charge in [-0.3, -0.25) is 4.79 Å². The number of rotatable bonds is 3. The van der Waals surface area contributed by atoms with Gasteiger partial charge in [-0.1, -0.05) is 0 Å². The Kier molecular flexibility index (Phi) is 3.55. The van der Waals surface area contributed by atoms with Gasteiger partial charge in [-0.05, 0) is 31.5 Å². The molecule has 15 heavy (non-hydrogen) atoms. The van der Waals surface area contributed by atoms with Crippen molar-refractivity contribution in [3.8, 4) is 0 Å². The van der Waals surface area contributed by atoms with Gasteiger partial charge >= 0.3 is 5.97 Å². The number of aryl methyl sites for hydroxylation is 1. The van der Waals surface area contributed by atoms with Crippen molar-refractivity contribution in [1.82, 2.24) is 0 Å². The van der Waals surface area contributed by atoms with E-state index in [4.69, 9.17) is 0 Å². The van der Waals surface area contributed by atoms with Crippen molar-refractivity contribution >= 4 is 12.3 Å². The summed E-state index contributed by atoms with van der Waals surface area (Å²) in [4.78, 5) is 21.8. The fourth-order valence-electron chi connectivity index (χ4n) is 1.22. The van der Waals surface area contributed by atoms with Crippen molar-refractivity contribution in [2.24, 2.45) is 0 Å². The van der Waals surface area contributed by atoms with Crippen LogP contribution in [0.2, 0.25) is 0 Å². The first-order valence-electron chi connectivity index (χ1n) is 4.52. The van der Waals surface area contributed by atoms with E-state index in [1.54, 1.807) is 6.92 Å². The summed E-state index contributed by atoms with van der Waals surface area (Å²) >= 11 is 0. The monoisotopic (exact) mass is 210 g/mol. The average Bonchev–Trinajstić information content (AvgIpc) is 2.22. The van der Waals surface area contributed by atoms with Crippen LogP contribution in [0.5, 0.6) is 0 Å². The highest BCUT2D eigenvalue weighted by Gasteiger charge is 2.15. The smallest absolute Gasteiger partial charge is 0.341 e. The second kappa shape index (κ2) is 4.68. The highest BCUT2D eigenvalue weighted by molar-refractivity contribution is 5.92. The highest BCUT2D eigenvalue weighted by atomic mass is 19.1. The lowest BCUT2D eigenvalue weighted by atomic mass is 10.1. The van der Waals surface area contributed by atoms with Gasteiger partial charge in [0.25, 0.3) is 0 Å². The van der Waals surface area contributed by atoms with E-state index in [0.29, 0.717) is 6.29 Å². The van der Waals surface area contributed by atoms with E-state index in [2.05, 4.69) is 4.74 Å². The van der Waals surface area contributed by atoms with Gasteiger partial charge in [0.15, 0.2) is 0 Å². The van der Waals surface area contributed by atoms with Crippen LogP contribution in [-0.4, -0.2) is 18.9 Å². The minimum Gasteiger partial charge on any atom is -0.462 e. The van der Waals surface area contributed by atoms with Crippen molar-refractivity contribution in [2.45, 2.75) is 13.8 Å². The molecule has 0 bridgehead atoms. The lowest BCUT2D eigenvalue weighted by Gasteiger charge is -2.06. The number of ether oxygens (including phenoxy) is 1. The zero-order chi connectivity index (χ0) is 11.4. The Labute approximate surface area is 86.9 Å². The first-order chi connectivity index (χ1) is 7.10. The minimum atomic E-state index is -0.748. The maximum Gasteiger partial charge on any atom is 0.341 e. The van der Waals surface area contributed by atoms with Crippen LogP contribution in [-0.2, 0) is 4.74 Å². The summed E-state index contributed by atoms with van der Waals surface area (Å²) < 4.78 is 18.1. The first kappa shape index (κ1) is 11.4. The Morgan fingerprint density at radius 1 is 1.53 bits per heavy atom. The lowest BCUT2D eigenvalue weighted by Crippen LogP contribution is -2.09. The Morgan fingerprint density at radius 2 is 2.20 bits per heavy atom. The van der Waals surface area contributed by atoms with Gasteiger partial charge in [0.1, 0.15) is 12.1 Å². The molecule has 0 saturated heterocycles. The standard InChI is InChI=1S/C11H11FO3/c1-3-15-11(14)9-5-8(6-13)4-7(2)10(9)12/h4-6H,3H2,1-2H3. The number of hydrogen-bond donors (Lipinski definition) is 0. The van der Waals surface area contributed by atoms with Gasteiger partial charge in [0, 0.05) is 5.56 Å². The van der Waals surface area contributed by atoms with Crippen molar-refractivity contribution < 1.29 is 18.7 Å². The van der Waals surface area contributed by atoms with Crippen LogP contribution >= 0.6 is 0 Å². The SMILES string of the molecule is CCOC(=O)c1cc(C=O)cc(C)c1F. The molecule has 0 saturated carbocycles. The maximum absolute atomic E-state index is 13.5. The molecule has 4 heteroatoms.